The van der Waals surface area contributed by atoms with Crippen LogP contribution in [0.1, 0.15) is 62.3 Å². The highest BCUT2D eigenvalue weighted by atomic mass is 35.6. The lowest BCUT2D eigenvalue weighted by Gasteiger charge is -2.11. The van der Waals surface area contributed by atoms with Crippen molar-refractivity contribution in [2.45, 2.75) is 62.3 Å². The summed E-state index contributed by atoms with van der Waals surface area (Å²) < 4.78 is 0. The average molecular weight is 331 g/mol. The van der Waals surface area contributed by atoms with E-state index in [0.29, 0.717) is 0 Å². The van der Waals surface area contributed by atoms with E-state index in [9.17, 15) is 0 Å². The number of rotatable bonds is 0. The highest BCUT2D eigenvalue weighted by molar-refractivity contribution is 6.80. The summed E-state index contributed by atoms with van der Waals surface area (Å²) in [5.74, 6) is 0. The lowest BCUT2D eigenvalue weighted by molar-refractivity contribution is 0.177. The Hall–Kier alpha value is 0.387. The van der Waals surface area contributed by atoms with Crippen LogP contribution in [0.15, 0.2) is 0 Å². The number of halogens is 1. The molecule has 0 aromatic heterocycles. The van der Waals surface area contributed by atoms with Gasteiger partial charge < -0.3 is 15.3 Å². The van der Waals surface area contributed by atoms with Gasteiger partial charge >= 0.3 is 0 Å². The van der Waals surface area contributed by atoms with Crippen LogP contribution in [-0.2, 0) is 0 Å². The van der Waals surface area contributed by atoms with E-state index in [4.69, 9.17) is 26.4 Å². The van der Waals surface area contributed by atoms with E-state index >= 15 is 0 Å². The number of hydrogen-bond acceptors (Lipinski definition) is 3. The van der Waals surface area contributed by atoms with Gasteiger partial charge in [-0.3, -0.25) is 0 Å². The summed E-state index contributed by atoms with van der Waals surface area (Å²) in [6.07, 6.45) is 0. The second kappa shape index (κ2) is 14.3. The van der Waals surface area contributed by atoms with Gasteiger partial charge in [0.25, 0.3) is 0 Å². The minimum Gasteiger partial charge on any atom is -0.396 e. The van der Waals surface area contributed by atoms with Crippen molar-refractivity contribution in [3.8, 4) is 0 Å². The highest BCUT2D eigenvalue weighted by Gasteiger charge is 2.06. The Balaban J connectivity index is -0.0000000902. The molecule has 0 aliphatic carbocycles. The molecule has 5 heteroatoms. The van der Waals surface area contributed by atoms with Crippen LogP contribution in [0, 0.1) is 16.2 Å². The molecule has 0 aliphatic heterocycles. The van der Waals surface area contributed by atoms with Gasteiger partial charge in [0, 0.05) is 19.8 Å². The molecule has 0 heterocycles. The molecule has 128 valence electrons. The zero-order valence-electron chi connectivity index (χ0n) is 15.3. The predicted molar refractivity (Wildman–Crippen MR) is 95.4 cm³/mol. The third-order valence-electron chi connectivity index (χ3n) is 1.42. The van der Waals surface area contributed by atoms with Crippen LogP contribution in [0.5, 0.6) is 0 Å². The van der Waals surface area contributed by atoms with E-state index in [0.717, 1.165) is 9.55 Å². The molecule has 0 rings (SSSR count). The largest absolute Gasteiger partial charge is 0.396 e. The summed E-state index contributed by atoms with van der Waals surface area (Å²) >= 11 is 4.78. The van der Waals surface area contributed by atoms with E-state index in [2.05, 4.69) is 0 Å². The Morgan fingerprint density at radius 2 is 0.600 bits per heavy atom. The maximum absolute atomic E-state index is 8.40. The molecule has 0 atom stereocenters. The molecule has 0 radical (unpaired) electrons. The summed E-state index contributed by atoms with van der Waals surface area (Å²) in [5.41, 5.74) is 0.292. The summed E-state index contributed by atoms with van der Waals surface area (Å²) in [7, 11) is 0.778. The molecular weight excluding hydrogens is 292 g/mol. The van der Waals surface area contributed by atoms with Gasteiger partial charge in [-0.25, -0.2) is 0 Å². The molecule has 0 aliphatic rings. The molecule has 3 N–H and O–H groups in total. The van der Waals surface area contributed by atoms with Gasteiger partial charge in [-0.05, 0) is 16.2 Å². The van der Waals surface area contributed by atoms with Crippen molar-refractivity contribution in [2.75, 3.05) is 19.8 Å². The van der Waals surface area contributed by atoms with Crippen molar-refractivity contribution < 1.29 is 15.3 Å². The fourth-order valence-electron chi connectivity index (χ4n) is 0. The van der Waals surface area contributed by atoms with Crippen molar-refractivity contribution in [2.24, 2.45) is 16.2 Å². The lowest BCUT2D eigenvalue weighted by atomic mass is 9.99. The Bertz CT molecular complexity index is 146. The van der Waals surface area contributed by atoms with Crippen LogP contribution in [0.25, 0.3) is 0 Å². The smallest absolute Gasteiger partial charge is 0.109 e. The molecule has 0 amide bonds. The lowest BCUT2D eigenvalue weighted by Crippen LogP contribution is -2.09. The SMILES string of the molecule is CC(C)(C)CO.CC(C)(C)CO.CC(C)(C)CO.[SiH3]Cl. The molecule has 0 fully saturated rings. The summed E-state index contributed by atoms with van der Waals surface area (Å²) in [6.45, 7) is 18.8. The number of hydrogen-bond donors (Lipinski definition) is 3. The summed E-state index contributed by atoms with van der Waals surface area (Å²) in [6, 6.07) is 0. The zero-order valence-corrected chi connectivity index (χ0v) is 18.1. The second-order valence-electron chi connectivity index (χ2n) is 8.16. The molecule has 0 aromatic carbocycles. The van der Waals surface area contributed by atoms with Gasteiger partial charge in [-0.1, -0.05) is 62.3 Å². The van der Waals surface area contributed by atoms with Crippen LogP contribution in [0.2, 0.25) is 0 Å². The van der Waals surface area contributed by atoms with Gasteiger partial charge in [0.05, 0.1) is 0 Å². The van der Waals surface area contributed by atoms with E-state index in [1.165, 1.54) is 0 Å². The maximum atomic E-state index is 8.40. The van der Waals surface area contributed by atoms with Gasteiger partial charge in [0.2, 0.25) is 0 Å². The van der Waals surface area contributed by atoms with Crippen LogP contribution in [0.4, 0.5) is 0 Å². The van der Waals surface area contributed by atoms with Gasteiger partial charge in [-0.15, -0.1) is 0 Å². The normalized spacial score (nSPS) is 11.2. The first-order valence-corrected chi connectivity index (χ1v) is 9.91. The van der Waals surface area contributed by atoms with Crippen molar-refractivity contribution >= 4 is 20.6 Å². The number of aliphatic hydroxyl groups excluding tert-OH is 3. The monoisotopic (exact) mass is 330 g/mol. The molecule has 0 aromatic rings. The van der Waals surface area contributed by atoms with Crippen LogP contribution in [-0.4, -0.2) is 44.7 Å². The maximum Gasteiger partial charge on any atom is 0.109 e. The molecule has 0 saturated carbocycles. The summed E-state index contributed by atoms with van der Waals surface area (Å²) in [5, 5.41) is 25.2. The topological polar surface area (TPSA) is 60.7 Å². The van der Waals surface area contributed by atoms with Crippen LogP contribution in [0.3, 0.4) is 0 Å². The molecular formula is C15H39ClO3Si. The third-order valence-corrected chi connectivity index (χ3v) is 1.42. The van der Waals surface area contributed by atoms with Crippen molar-refractivity contribution in [3.05, 3.63) is 0 Å². The van der Waals surface area contributed by atoms with Gasteiger partial charge in [0.1, 0.15) is 9.55 Å². The molecule has 3 nitrogen and oxygen atoms in total. The first-order chi connectivity index (χ1) is 8.68. The standard InChI is InChI=1S/3C5H12O.ClH3Si/c3*1-5(2,3)4-6;1-2/h3*6H,4H2,1-3H3;2H3. The molecule has 20 heavy (non-hydrogen) atoms. The van der Waals surface area contributed by atoms with Gasteiger partial charge in [0.15, 0.2) is 0 Å². The van der Waals surface area contributed by atoms with Crippen molar-refractivity contribution in [1.82, 2.24) is 0 Å². The Labute approximate surface area is 134 Å². The van der Waals surface area contributed by atoms with E-state index < -0.39 is 0 Å². The fraction of sp³-hybridized carbons (Fsp3) is 1.00. The molecule has 0 unspecified atom stereocenters. The fourth-order valence-corrected chi connectivity index (χ4v) is 0. The van der Waals surface area contributed by atoms with Gasteiger partial charge in [-0.2, -0.15) is 11.1 Å². The molecule has 0 saturated heterocycles. The Morgan fingerprint density at radius 1 is 0.550 bits per heavy atom. The highest BCUT2D eigenvalue weighted by Crippen LogP contribution is 2.10. The molecule has 0 spiro atoms. The summed E-state index contributed by atoms with van der Waals surface area (Å²) in [4.78, 5) is 0. The van der Waals surface area contributed by atoms with E-state index in [1.54, 1.807) is 0 Å². The average Bonchev–Trinajstić information content (AvgIpc) is 2.30. The number of aliphatic hydroxyl groups is 3. The van der Waals surface area contributed by atoms with E-state index in [1.807, 2.05) is 62.3 Å². The van der Waals surface area contributed by atoms with Crippen molar-refractivity contribution in [1.29, 1.82) is 0 Å². The Morgan fingerprint density at radius 3 is 0.600 bits per heavy atom. The van der Waals surface area contributed by atoms with E-state index in [-0.39, 0.29) is 36.1 Å². The van der Waals surface area contributed by atoms with Crippen LogP contribution < -0.4 is 0 Å². The minimum absolute atomic E-state index is 0.0972. The third kappa shape index (κ3) is 63.1. The first-order valence-electron chi connectivity index (χ1n) is 6.89. The predicted octanol–water partition coefficient (Wildman–Crippen LogP) is 2.58. The zero-order chi connectivity index (χ0) is 17.6. The quantitative estimate of drug-likeness (QED) is 0.472. The van der Waals surface area contributed by atoms with Crippen LogP contribution >= 0.6 is 11.1 Å². The minimum atomic E-state index is 0.0972. The second-order valence-corrected chi connectivity index (χ2v) is 8.16. The van der Waals surface area contributed by atoms with Crippen molar-refractivity contribution in [3.63, 3.8) is 0 Å². The first kappa shape index (κ1) is 28.5. The Kier molecular flexibility index (Phi) is 20.4. The molecule has 0 bridgehead atoms.